The zero-order valence-corrected chi connectivity index (χ0v) is 14.7. The first kappa shape index (κ1) is 18.1. The van der Waals surface area contributed by atoms with Crippen molar-refractivity contribution < 1.29 is 14.0 Å². The highest BCUT2D eigenvalue weighted by atomic mass is 19.1. The number of nitrogens with zero attached hydrogens (tertiary/aromatic N) is 2. The molecule has 1 aliphatic rings. The molecule has 2 aromatic carbocycles. The van der Waals surface area contributed by atoms with Crippen molar-refractivity contribution in [2.75, 3.05) is 25.0 Å². The number of nitrogens with two attached hydrogens (primary N) is 1. The number of carbonyl (C=O) groups excluding carboxylic acids is 2. The smallest absolute Gasteiger partial charge is 0.323 e. The molecular weight excluding hydrogens is 333 g/mol. The number of urea groups is 1. The van der Waals surface area contributed by atoms with Crippen LogP contribution in [0, 0.1) is 11.7 Å². The van der Waals surface area contributed by atoms with Gasteiger partial charge in [-0.15, -0.1) is 0 Å². The average Bonchev–Trinajstić information content (AvgIpc) is 2.64. The molecule has 26 heavy (non-hydrogen) atoms. The highest BCUT2D eigenvalue weighted by Crippen LogP contribution is 2.29. The van der Waals surface area contributed by atoms with Gasteiger partial charge in [-0.05, 0) is 57.2 Å². The maximum Gasteiger partial charge on any atom is 0.323 e. The van der Waals surface area contributed by atoms with Crippen molar-refractivity contribution in [1.82, 2.24) is 4.90 Å². The number of primary amides is 1. The molecule has 0 bridgehead atoms. The van der Waals surface area contributed by atoms with E-state index in [1.165, 1.54) is 18.2 Å². The van der Waals surface area contributed by atoms with E-state index in [2.05, 4.69) is 4.90 Å². The maximum atomic E-state index is 14.2. The molecule has 136 valence electrons. The Labute approximate surface area is 152 Å². The van der Waals surface area contributed by atoms with Crippen molar-refractivity contribution in [2.24, 2.45) is 11.7 Å². The van der Waals surface area contributed by atoms with Crippen molar-refractivity contribution in [3.05, 3.63) is 59.9 Å². The highest BCUT2D eigenvalue weighted by molar-refractivity contribution is 6.02. The van der Waals surface area contributed by atoms with Crippen molar-refractivity contribution >= 4 is 23.2 Å². The molecule has 1 aliphatic heterocycles. The summed E-state index contributed by atoms with van der Waals surface area (Å²) in [6.07, 6.45) is 1.62. The molecule has 1 saturated heterocycles. The number of rotatable bonds is 4. The number of benzene rings is 2. The number of Topliss-reactive ketones (excluding diaryl/α,β-unsaturated/α-hetero) is 1. The monoisotopic (exact) mass is 355 g/mol. The van der Waals surface area contributed by atoms with Crippen molar-refractivity contribution in [3.63, 3.8) is 0 Å². The first-order valence-corrected chi connectivity index (χ1v) is 8.64. The van der Waals surface area contributed by atoms with Gasteiger partial charge >= 0.3 is 6.03 Å². The Morgan fingerprint density at radius 3 is 2.46 bits per heavy atom. The number of anilines is 2. The number of amides is 2. The molecule has 2 N–H and O–H groups in total. The van der Waals surface area contributed by atoms with Crippen LogP contribution in [0.2, 0.25) is 0 Å². The van der Waals surface area contributed by atoms with Gasteiger partial charge < -0.3 is 10.6 Å². The van der Waals surface area contributed by atoms with E-state index in [9.17, 15) is 14.0 Å². The SMILES string of the molecule is CN1CCC(C(=O)c2cccc(N(C(N)=O)c3ccccc3F)c2)CC1. The van der Waals surface area contributed by atoms with Crippen LogP contribution >= 0.6 is 0 Å². The summed E-state index contributed by atoms with van der Waals surface area (Å²) < 4.78 is 14.2. The van der Waals surface area contributed by atoms with Crippen molar-refractivity contribution in [2.45, 2.75) is 12.8 Å². The third-order valence-corrected chi connectivity index (χ3v) is 4.79. The molecule has 1 heterocycles. The molecule has 2 amide bonds. The number of piperidine rings is 1. The predicted molar refractivity (Wildman–Crippen MR) is 99.1 cm³/mol. The number of para-hydroxylation sites is 1. The number of hydrogen-bond donors (Lipinski definition) is 1. The van der Waals surface area contributed by atoms with Gasteiger partial charge in [-0.25, -0.2) is 9.18 Å². The predicted octanol–water partition coefficient (Wildman–Crippen LogP) is 3.57. The van der Waals surface area contributed by atoms with Gasteiger partial charge in [0.25, 0.3) is 0 Å². The lowest BCUT2D eigenvalue weighted by Gasteiger charge is -2.28. The van der Waals surface area contributed by atoms with Gasteiger partial charge in [-0.2, -0.15) is 0 Å². The van der Waals surface area contributed by atoms with Crippen LogP contribution < -0.4 is 10.6 Å². The fourth-order valence-electron chi connectivity index (χ4n) is 3.32. The number of likely N-dealkylation sites (tertiary alicyclic amines) is 1. The van der Waals surface area contributed by atoms with Gasteiger partial charge in [-0.3, -0.25) is 9.69 Å². The summed E-state index contributed by atoms with van der Waals surface area (Å²) in [7, 11) is 2.04. The normalized spacial score (nSPS) is 15.6. The van der Waals surface area contributed by atoms with Gasteiger partial charge in [0.2, 0.25) is 0 Å². The zero-order valence-electron chi connectivity index (χ0n) is 14.7. The fourth-order valence-corrected chi connectivity index (χ4v) is 3.32. The number of halogens is 1. The minimum Gasteiger partial charge on any atom is -0.351 e. The topological polar surface area (TPSA) is 66.6 Å². The summed E-state index contributed by atoms with van der Waals surface area (Å²) >= 11 is 0. The quantitative estimate of drug-likeness (QED) is 0.853. The molecule has 0 radical (unpaired) electrons. The Kier molecular flexibility index (Phi) is 5.32. The van der Waals surface area contributed by atoms with Crippen LogP contribution in [0.25, 0.3) is 0 Å². The summed E-state index contributed by atoms with van der Waals surface area (Å²) in [5, 5.41) is 0. The lowest BCUT2D eigenvalue weighted by atomic mass is 9.89. The molecule has 0 unspecified atom stereocenters. The van der Waals surface area contributed by atoms with E-state index in [1.54, 1.807) is 30.3 Å². The van der Waals surface area contributed by atoms with Gasteiger partial charge in [-0.1, -0.05) is 24.3 Å². The first-order valence-electron chi connectivity index (χ1n) is 8.64. The Morgan fingerprint density at radius 2 is 1.81 bits per heavy atom. The average molecular weight is 355 g/mol. The lowest BCUT2D eigenvalue weighted by molar-refractivity contribution is 0.0857. The van der Waals surface area contributed by atoms with E-state index >= 15 is 0 Å². The molecule has 6 heteroatoms. The Morgan fingerprint density at radius 1 is 1.12 bits per heavy atom. The molecule has 0 aromatic heterocycles. The standard InChI is InChI=1S/C20H22FN3O2/c1-23-11-9-14(10-12-23)19(25)15-5-4-6-16(13-15)24(20(22)26)18-8-3-2-7-17(18)21/h2-8,13-14H,9-12H2,1H3,(H2,22,26). The summed E-state index contributed by atoms with van der Waals surface area (Å²) in [5.74, 6) is -0.534. The minimum absolute atomic E-state index is 0.0306. The summed E-state index contributed by atoms with van der Waals surface area (Å²) in [4.78, 5) is 28.1. The van der Waals surface area contributed by atoms with Crippen LogP contribution in [-0.4, -0.2) is 36.9 Å². The highest BCUT2D eigenvalue weighted by Gasteiger charge is 2.25. The second kappa shape index (κ2) is 7.66. The number of carbonyl (C=O) groups is 2. The molecule has 5 nitrogen and oxygen atoms in total. The summed E-state index contributed by atoms with van der Waals surface area (Å²) in [6.45, 7) is 1.78. The van der Waals surface area contributed by atoms with Crippen molar-refractivity contribution in [1.29, 1.82) is 0 Å². The van der Waals surface area contributed by atoms with Gasteiger partial charge in [0.15, 0.2) is 5.78 Å². The molecule has 0 spiro atoms. The van der Waals surface area contributed by atoms with Crippen LogP contribution in [0.1, 0.15) is 23.2 Å². The molecule has 0 aliphatic carbocycles. The van der Waals surface area contributed by atoms with E-state index in [0.29, 0.717) is 11.3 Å². The Bertz CT molecular complexity index is 816. The number of ketones is 1. The van der Waals surface area contributed by atoms with E-state index < -0.39 is 11.8 Å². The minimum atomic E-state index is -0.806. The van der Waals surface area contributed by atoms with Crippen LogP contribution in [0.4, 0.5) is 20.6 Å². The molecular formula is C20H22FN3O2. The second-order valence-electron chi connectivity index (χ2n) is 6.62. The maximum absolute atomic E-state index is 14.2. The van der Waals surface area contributed by atoms with Gasteiger partial charge in [0.05, 0.1) is 11.4 Å². The summed E-state index contributed by atoms with van der Waals surface area (Å²) in [5.41, 5.74) is 6.43. The molecule has 2 aromatic rings. The summed E-state index contributed by atoms with van der Waals surface area (Å²) in [6, 6.07) is 11.8. The first-order chi connectivity index (χ1) is 12.5. The molecule has 0 atom stereocenters. The van der Waals surface area contributed by atoms with Crippen LogP contribution in [0.5, 0.6) is 0 Å². The number of hydrogen-bond acceptors (Lipinski definition) is 3. The van der Waals surface area contributed by atoms with Gasteiger partial charge in [0, 0.05) is 11.5 Å². The van der Waals surface area contributed by atoms with E-state index in [4.69, 9.17) is 5.73 Å². The van der Waals surface area contributed by atoms with Crippen LogP contribution in [-0.2, 0) is 0 Å². The molecule has 0 saturated carbocycles. The lowest BCUT2D eigenvalue weighted by Crippen LogP contribution is -2.34. The van der Waals surface area contributed by atoms with E-state index in [-0.39, 0.29) is 17.4 Å². The molecule has 1 fully saturated rings. The van der Waals surface area contributed by atoms with Gasteiger partial charge in [0.1, 0.15) is 5.82 Å². The third kappa shape index (κ3) is 3.75. The second-order valence-corrected chi connectivity index (χ2v) is 6.62. The zero-order chi connectivity index (χ0) is 18.7. The van der Waals surface area contributed by atoms with E-state index in [0.717, 1.165) is 30.8 Å². The van der Waals surface area contributed by atoms with Crippen LogP contribution in [0.3, 0.4) is 0 Å². The molecule has 3 rings (SSSR count). The Balaban J connectivity index is 1.91. The third-order valence-electron chi connectivity index (χ3n) is 4.79. The van der Waals surface area contributed by atoms with Crippen LogP contribution in [0.15, 0.2) is 48.5 Å². The largest absolute Gasteiger partial charge is 0.351 e. The van der Waals surface area contributed by atoms with E-state index in [1.807, 2.05) is 7.05 Å². The van der Waals surface area contributed by atoms with Crippen molar-refractivity contribution in [3.8, 4) is 0 Å². The Hall–Kier alpha value is -2.73. The fraction of sp³-hybridized carbons (Fsp3) is 0.300.